The molecule has 0 saturated heterocycles. The molecule has 6 heavy (non-hydrogen) atoms. The van der Waals surface area contributed by atoms with E-state index in [2.05, 4.69) is 0 Å². The molecule has 0 rings (SSSR count). The summed E-state index contributed by atoms with van der Waals surface area (Å²) in [6.45, 7) is 0. The normalized spacial score (nSPS) is 9.83. The van der Waals surface area contributed by atoms with Crippen molar-refractivity contribution in [1.82, 2.24) is 0 Å². The van der Waals surface area contributed by atoms with Gasteiger partial charge in [-0.25, -0.2) is 0 Å². The standard InChI is InChI=1S/AsH3O4.HI/c2-1(3,4)5;/h(H3,2,3,4,5);1H. The van der Waals surface area contributed by atoms with E-state index in [0.29, 0.717) is 0 Å². The van der Waals surface area contributed by atoms with Gasteiger partial charge in [-0.2, -0.15) is 0 Å². The molecule has 0 saturated carbocycles. The first kappa shape index (κ1) is 10.1. The van der Waals surface area contributed by atoms with Gasteiger partial charge in [0.05, 0.1) is 0 Å². The van der Waals surface area contributed by atoms with Crippen molar-refractivity contribution in [1.29, 1.82) is 0 Å². The zero-order chi connectivity index (χ0) is 4.50. The van der Waals surface area contributed by atoms with E-state index in [0.717, 1.165) is 0 Å². The summed E-state index contributed by atoms with van der Waals surface area (Å²) in [5.74, 6) is 0. The fraction of sp³-hybridized carbons (Fsp3) is 0. The van der Waals surface area contributed by atoms with E-state index >= 15 is 0 Å². The summed E-state index contributed by atoms with van der Waals surface area (Å²) < 4.78 is 30.7. The number of rotatable bonds is 0. The summed E-state index contributed by atoms with van der Waals surface area (Å²) in [5, 5.41) is 0. The Hall–Kier alpha value is 0.968. The second-order valence-corrected chi connectivity index (χ2v) is 2.67. The van der Waals surface area contributed by atoms with Crippen LogP contribution in [0.25, 0.3) is 0 Å². The number of halogens is 1. The Balaban J connectivity index is 0. The molecule has 4 nitrogen and oxygen atoms in total. The summed E-state index contributed by atoms with van der Waals surface area (Å²) >= 11 is -5.12. The van der Waals surface area contributed by atoms with Gasteiger partial charge in [-0.3, -0.25) is 0 Å². The molecule has 0 fully saturated rings. The predicted molar refractivity (Wildman–Crippen MR) is 28.5 cm³/mol. The van der Waals surface area contributed by atoms with Crippen molar-refractivity contribution < 1.29 is 16.0 Å². The third kappa shape index (κ3) is 83.4. The summed E-state index contributed by atoms with van der Waals surface area (Å²) in [6, 6.07) is 0. The summed E-state index contributed by atoms with van der Waals surface area (Å²) in [6.07, 6.45) is 0. The van der Waals surface area contributed by atoms with Crippen LogP contribution in [0.1, 0.15) is 0 Å². The Morgan fingerprint density at radius 1 is 1.17 bits per heavy atom. The van der Waals surface area contributed by atoms with Gasteiger partial charge in [0.1, 0.15) is 0 Å². The molecule has 0 unspecified atom stereocenters. The van der Waals surface area contributed by atoms with Gasteiger partial charge in [-0.1, -0.05) is 0 Å². The summed E-state index contributed by atoms with van der Waals surface area (Å²) in [5.41, 5.74) is 0. The number of hydrogen-bond acceptors (Lipinski definition) is 1. The molecule has 0 aliphatic carbocycles. The predicted octanol–water partition coefficient (Wildman–Crippen LogP) is -1.55. The molecule has 3 N–H and O–H groups in total. The van der Waals surface area contributed by atoms with Crippen LogP contribution in [0.5, 0.6) is 0 Å². The molecule has 0 aromatic rings. The third-order valence-corrected chi connectivity index (χ3v) is 0. The second kappa shape index (κ2) is 3.03. The maximum atomic E-state index is 8.94. The molecule has 0 aromatic carbocycles. The van der Waals surface area contributed by atoms with Crippen LogP contribution in [0.15, 0.2) is 0 Å². The molecule has 0 spiro atoms. The summed E-state index contributed by atoms with van der Waals surface area (Å²) in [7, 11) is 0. The van der Waals surface area contributed by atoms with Gasteiger partial charge in [-0.15, -0.1) is 24.0 Å². The molecular formula is H4AsIO4. The number of hydrogen-bond donors (Lipinski definition) is 3. The van der Waals surface area contributed by atoms with E-state index in [1.807, 2.05) is 0 Å². The van der Waals surface area contributed by atoms with Gasteiger partial charge in [0, 0.05) is 0 Å². The molecule has 0 aliphatic rings. The Bertz CT molecular complexity index is 53.7. The first-order chi connectivity index (χ1) is 2.00. The van der Waals surface area contributed by atoms with Gasteiger partial charge >= 0.3 is 30.5 Å². The molecule has 0 aromatic heterocycles. The van der Waals surface area contributed by atoms with Crippen molar-refractivity contribution in [2.75, 3.05) is 0 Å². The minimum absolute atomic E-state index is 0. The van der Waals surface area contributed by atoms with Crippen LogP contribution < -0.4 is 0 Å². The van der Waals surface area contributed by atoms with Crippen LogP contribution in [-0.4, -0.2) is 26.8 Å². The molecule has 0 heterocycles. The average molecular weight is 270 g/mol. The van der Waals surface area contributed by atoms with Crippen molar-refractivity contribution >= 4 is 38.5 Å². The van der Waals surface area contributed by atoms with E-state index in [4.69, 9.17) is 16.0 Å². The maximum absolute atomic E-state index is 8.94. The molecule has 0 atom stereocenters. The second-order valence-electron chi connectivity index (χ2n) is 0.513. The van der Waals surface area contributed by atoms with Crippen LogP contribution in [0.2, 0.25) is 0 Å². The van der Waals surface area contributed by atoms with Gasteiger partial charge in [0.25, 0.3) is 0 Å². The van der Waals surface area contributed by atoms with E-state index in [9.17, 15) is 0 Å². The molecule has 40 valence electrons. The third-order valence-electron chi connectivity index (χ3n) is 0. The van der Waals surface area contributed by atoms with E-state index in [1.54, 1.807) is 0 Å². The first-order valence-corrected chi connectivity index (χ1v) is 4.07. The van der Waals surface area contributed by atoms with Crippen LogP contribution in [0.4, 0.5) is 0 Å². The fourth-order valence-electron chi connectivity index (χ4n) is 0. The van der Waals surface area contributed by atoms with E-state index < -0.39 is 14.5 Å². The molecule has 0 amide bonds. The quantitative estimate of drug-likeness (QED) is 0.368. The van der Waals surface area contributed by atoms with Crippen LogP contribution in [-0.2, 0) is 3.74 Å². The van der Waals surface area contributed by atoms with Crippen LogP contribution in [0.3, 0.4) is 0 Å². The van der Waals surface area contributed by atoms with Crippen molar-refractivity contribution in [2.24, 2.45) is 0 Å². The monoisotopic (exact) mass is 270 g/mol. The van der Waals surface area contributed by atoms with Crippen molar-refractivity contribution in [3.8, 4) is 0 Å². The molecule has 0 bridgehead atoms. The Morgan fingerprint density at radius 2 is 1.17 bits per heavy atom. The van der Waals surface area contributed by atoms with Gasteiger partial charge in [-0.05, 0) is 0 Å². The van der Waals surface area contributed by atoms with Crippen molar-refractivity contribution in [2.45, 2.75) is 0 Å². The Morgan fingerprint density at radius 3 is 1.17 bits per heavy atom. The molecule has 0 radical (unpaired) electrons. The minimum atomic E-state index is -5.12. The summed E-state index contributed by atoms with van der Waals surface area (Å²) in [4.78, 5) is 0. The average Bonchev–Trinajstić information content (AvgIpc) is 0.722. The van der Waals surface area contributed by atoms with Crippen molar-refractivity contribution in [3.63, 3.8) is 0 Å². The van der Waals surface area contributed by atoms with Gasteiger partial charge in [0.2, 0.25) is 0 Å². The molecular weight excluding hydrogens is 266 g/mol. The van der Waals surface area contributed by atoms with E-state index in [-0.39, 0.29) is 24.0 Å². The fourth-order valence-corrected chi connectivity index (χ4v) is 0. The SMILES string of the molecule is I.O=[As](O)(O)O. The van der Waals surface area contributed by atoms with Gasteiger partial charge in [0.15, 0.2) is 0 Å². The molecule has 6 heteroatoms. The molecule has 0 aliphatic heterocycles. The Kier molecular flexibility index (Phi) is 5.09. The zero-order valence-electron chi connectivity index (χ0n) is 2.61. The van der Waals surface area contributed by atoms with Gasteiger partial charge < -0.3 is 0 Å². The topological polar surface area (TPSA) is 77.8 Å². The van der Waals surface area contributed by atoms with Crippen LogP contribution >= 0.6 is 24.0 Å². The van der Waals surface area contributed by atoms with Crippen molar-refractivity contribution in [3.05, 3.63) is 0 Å². The van der Waals surface area contributed by atoms with Crippen LogP contribution in [0, 0.1) is 0 Å². The Labute approximate surface area is 54.6 Å². The van der Waals surface area contributed by atoms with E-state index in [1.165, 1.54) is 0 Å². The zero-order valence-corrected chi connectivity index (χ0v) is 6.81. The first-order valence-electron chi connectivity index (χ1n) is 0.783.